The zero-order chi connectivity index (χ0) is 23.1. The second kappa shape index (κ2) is 11.2. The Morgan fingerprint density at radius 1 is 1.34 bits per heavy atom. The van der Waals surface area contributed by atoms with E-state index >= 15 is 0 Å². The van der Waals surface area contributed by atoms with Crippen molar-refractivity contribution in [3.63, 3.8) is 0 Å². The van der Waals surface area contributed by atoms with Crippen molar-refractivity contribution in [1.82, 2.24) is 30.2 Å². The summed E-state index contributed by atoms with van der Waals surface area (Å²) in [6.07, 6.45) is 4.28. The Morgan fingerprint density at radius 3 is 2.91 bits per heavy atom. The van der Waals surface area contributed by atoms with E-state index in [1.54, 1.807) is 26.3 Å². The fourth-order valence-corrected chi connectivity index (χ4v) is 3.33. The van der Waals surface area contributed by atoms with Crippen molar-refractivity contribution in [2.24, 2.45) is 0 Å². The molecule has 0 saturated heterocycles. The maximum atomic E-state index is 14.4. The van der Waals surface area contributed by atoms with Crippen molar-refractivity contribution in [1.29, 1.82) is 0 Å². The molecule has 0 fully saturated rings. The minimum absolute atomic E-state index is 0.0581. The molecular weight excluding hydrogens is 437 g/mol. The maximum Gasteiger partial charge on any atom is 0.242 e. The van der Waals surface area contributed by atoms with Crippen LogP contribution in [0.5, 0.6) is 0 Å². The number of likely N-dealkylation sites (N-methyl/N-ethyl adjacent to an activating group) is 1. The quantitative estimate of drug-likeness (QED) is 0.401. The molecule has 0 aromatic carbocycles. The van der Waals surface area contributed by atoms with Crippen LogP contribution < -0.4 is 10.6 Å². The molecule has 3 rings (SSSR count). The number of nitrogens with zero attached hydrogens (tertiary/aromatic N) is 4. The highest BCUT2D eigenvalue weighted by molar-refractivity contribution is 6.31. The Kier molecular flexibility index (Phi) is 8.32. The first-order valence-corrected chi connectivity index (χ1v) is 10.7. The fourth-order valence-electron chi connectivity index (χ4n) is 3.17. The molecule has 0 bridgehead atoms. The van der Waals surface area contributed by atoms with Gasteiger partial charge in [-0.3, -0.25) is 9.69 Å². The standard InChI is InChI=1S/C21H27ClFN7O2/c1-4-30(7-8-32-3)6-5-24-21(31)13(2)28-20-17(23)12-27-19(29-20)16-11-26-18-15(16)9-14(22)10-25-18/h9-13H,4-8H2,1-3H3,(H,24,31)(H,25,26)(H,27,28,29)/t13-/m0/s1. The van der Waals surface area contributed by atoms with Crippen LogP contribution in [0.25, 0.3) is 22.4 Å². The van der Waals surface area contributed by atoms with Crippen LogP contribution in [-0.4, -0.2) is 76.7 Å². The molecule has 3 N–H and O–H groups in total. The van der Waals surface area contributed by atoms with Crippen LogP contribution in [0.1, 0.15) is 13.8 Å². The number of carbonyl (C=O) groups is 1. The van der Waals surface area contributed by atoms with E-state index in [4.69, 9.17) is 16.3 Å². The van der Waals surface area contributed by atoms with Crippen molar-refractivity contribution < 1.29 is 13.9 Å². The summed E-state index contributed by atoms with van der Waals surface area (Å²) in [6, 6.07) is 1.04. The molecule has 0 aliphatic heterocycles. The summed E-state index contributed by atoms with van der Waals surface area (Å²) in [6.45, 7) is 7.15. The minimum atomic E-state index is -0.694. The van der Waals surface area contributed by atoms with Crippen LogP contribution in [0.3, 0.4) is 0 Å². The van der Waals surface area contributed by atoms with Gasteiger partial charge in [-0.05, 0) is 19.5 Å². The van der Waals surface area contributed by atoms with Crippen molar-refractivity contribution in [3.05, 3.63) is 35.5 Å². The van der Waals surface area contributed by atoms with E-state index in [9.17, 15) is 9.18 Å². The number of methoxy groups -OCH3 is 1. The minimum Gasteiger partial charge on any atom is -0.383 e. The number of fused-ring (bicyclic) bond motifs is 1. The molecule has 9 nitrogen and oxygen atoms in total. The summed E-state index contributed by atoms with van der Waals surface area (Å²) >= 11 is 6.05. The number of hydrogen-bond donors (Lipinski definition) is 3. The Bertz CT molecular complexity index is 1060. The number of rotatable bonds is 11. The number of amides is 1. The van der Waals surface area contributed by atoms with Crippen molar-refractivity contribution in [2.45, 2.75) is 19.9 Å². The average molecular weight is 464 g/mol. The van der Waals surface area contributed by atoms with Gasteiger partial charge in [-0.2, -0.15) is 0 Å². The first-order chi connectivity index (χ1) is 15.4. The Morgan fingerprint density at radius 2 is 2.16 bits per heavy atom. The van der Waals surface area contributed by atoms with Gasteiger partial charge in [-0.1, -0.05) is 18.5 Å². The van der Waals surface area contributed by atoms with E-state index in [1.165, 1.54) is 6.20 Å². The number of halogens is 2. The van der Waals surface area contributed by atoms with E-state index in [-0.39, 0.29) is 17.5 Å². The topological polar surface area (TPSA) is 108 Å². The smallest absolute Gasteiger partial charge is 0.242 e. The lowest BCUT2D eigenvalue weighted by Crippen LogP contribution is -2.42. The molecule has 3 heterocycles. The molecular formula is C21H27ClFN7O2. The first-order valence-electron chi connectivity index (χ1n) is 10.3. The molecule has 1 atom stereocenters. The predicted molar refractivity (Wildman–Crippen MR) is 122 cm³/mol. The Balaban J connectivity index is 1.65. The first kappa shape index (κ1) is 23.8. The monoisotopic (exact) mass is 463 g/mol. The van der Waals surface area contributed by atoms with Gasteiger partial charge < -0.3 is 20.4 Å². The number of anilines is 1. The molecule has 1 amide bonds. The van der Waals surface area contributed by atoms with Gasteiger partial charge in [0, 0.05) is 50.1 Å². The Labute approximate surface area is 190 Å². The number of pyridine rings is 1. The lowest BCUT2D eigenvalue weighted by atomic mass is 10.2. The van der Waals surface area contributed by atoms with Crippen LogP contribution in [0.4, 0.5) is 10.2 Å². The van der Waals surface area contributed by atoms with Crippen LogP contribution in [0.15, 0.2) is 24.7 Å². The molecule has 3 aromatic rings. The number of carbonyl (C=O) groups excluding carboxylic acids is 1. The zero-order valence-electron chi connectivity index (χ0n) is 18.3. The summed E-state index contributed by atoms with van der Waals surface area (Å²) < 4.78 is 19.4. The van der Waals surface area contributed by atoms with Gasteiger partial charge in [0.05, 0.1) is 17.8 Å². The highest BCUT2D eigenvalue weighted by atomic mass is 35.5. The van der Waals surface area contributed by atoms with E-state index in [1.807, 2.05) is 0 Å². The van der Waals surface area contributed by atoms with Gasteiger partial charge in [-0.15, -0.1) is 0 Å². The molecule has 172 valence electrons. The molecule has 0 radical (unpaired) electrons. The van der Waals surface area contributed by atoms with E-state index in [2.05, 4.69) is 42.4 Å². The lowest BCUT2D eigenvalue weighted by molar-refractivity contribution is -0.121. The van der Waals surface area contributed by atoms with Gasteiger partial charge in [0.2, 0.25) is 5.91 Å². The van der Waals surface area contributed by atoms with E-state index in [0.717, 1.165) is 24.7 Å². The van der Waals surface area contributed by atoms with Gasteiger partial charge in [-0.25, -0.2) is 19.3 Å². The number of aromatic amines is 1. The highest BCUT2D eigenvalue weighted by Gasteiger charge is 2.18. The summed E-state index contributed by atoms with van der Waals surface area (Å²) in [5.74, 6) is -0.678. The fraction of sp³-hybridized carbons (Fsp3) is 0.429. The second-order valence-electron chi connectivity index (χ2n) is 7.23. The van der Waals surface area contributed by atoms with Crippen LogP contribution in [-0.2, 0) is 9.53 Å². The number of H-pyrrole nitrogens is 1. The number of aromatic nitrogens is 4. The third-order valence-electron chi connectivity index (χ3n) is 5.02. The van der Waals surface area contributed by atoms with Crippen molar-refractivity contribution in [2.75, 3.05) is 45.2 Å². The van der Waals surface area contributed by atoms with Crippen molar-refractivity contribution >= 4 is 34.4 Å². The lowest BCUT2D eigenvalue weighted by Gasteiger charge is -2.21. The van der Waals surface area contributed by atoms with E-state index < -0.39 is 11.9 Å². The largest absolute Gasteiger partial charge is 0.383 e. The van der Waals surface area contributed by atoms with E-state index in [0.29, 0.717) is 35.9 Å². The predicted octanol–water partition coefficient (Wildman–Crippen LogP) is 2.70. The summed E-state index contributed by atoms with van der Waals surface area (Å²) in [5, 5.41) is 6.88. The molecule has 32 heavy (non-hydrogen) atoms. The van der Waals surface area contributed by atoms with Crippen LogP contribution in [0, 0.1) is 5.82 Å². The maximum absolute atomic E-state index is 14.4. The molecule has 11 heteroatoms. The number of hydrogen-bond acceptors (Lipinski definition) is 7. The second-order valence-corrected chi connectivity index (χ2v) is 7.66. The highest BCUT2D eigenvalue weighted by Crippen LogP contribution is 2.28. The Hall–Kier alpha value is -2.82. The van der Waals surface area contributed by atoms with Gasteiger partial charge in [0.1, 0.15) is 11.7 Å². The van der Waals surface area contributed by atoms with Gasteiger partial charge in [0.25, 0.3) is 0 Å². The summed E-state index contributed by atoms with van der Waals surface area (Å²) in [5.41, 5.74) is 1.25. The van der Waals surface area contributed by atoms with Crippen molar-refractivity contribution in [3.8, 4) is 11.4 Å². The molecule has 0 unspecified atom stereocenters. The molecule has 3 aromatic heterocycles. The molecule has 0 saturated carbocycles. The SMILES string of the molecule is CCN(CCNC(=O)[C@H](C)Nc1nc(-c2c[nH]c3ncc(Cl)cc23)ncc1F)CCOC. The number of ether oxygens (including phenoxy) is 1. The van der Waals surface area contributed by atoms with Gasteiger partial charge >= 0.3 is 0 Å². The normalized spacial score (nSPS) is 12.3. The third-order valence-corrected chi connectivity index (χ3v) is 5.22. The molecule has 0 aliphatic carbocycles. The zero-order valence-corrected chi connectivity index (χ0v) is 19.0. The van der Waals surface area contributed by atoms with Gasteiger partial charge in [0.15, 0.2) is 17.5 Å². The third kappa shape index (κ3) is 5.90. The average Bonchev–Trinajstić information content (AvgIpc) is 3.20. The molecule has 0 spiro atoms. The van der Waals surface area contributed by atoms with Crippen LogP contribution >= 0.6 is 11.6 Å². The van der Waals surface area contributed by atoms with Crippen LogP contribution in [0.2, 0.25) is 5.02 Å². The number of nitrogens with one attached hydrogen (secondary N) is 3. The summed E-state index contributed by atoms with van der Waals surface area (Å²) in [7, 11) is 1.66. The summed E-state index contributed by atoms with van der Waals surface area (Å²) in [4.78, 5) is 30.2. The molecule has 0 aliphatic rings.